The van der Waals surface area contributed by atoms with Gasteiger partial charge in [0, 0.05) is 29.7 Å². The Bertz CT molecular complexity index is 905. The van der Waals surface area contributed by atoms with E-state index in [0.717, 1.165) is 32.2 Å². The first kappa shape index (κ1) is 19.6. The lowest BCUT2D eigenvalue weighted by molar-refractivity contribution is -0.117. The molecule has 2 aliphatic rings. The first-order chi connectivity index (χ1) is 13.5. The molecule has 0 unspecified atom stereocenters. The summed E-state index contributed by atoms with van der Waals surface area (Å²) >= 11 is 1.73. The van der Waals surface area contributed by atoms with Gasteiger partial charge in [0.2, 0.25) is 15.9 Å². The molecule has 1 N–H and O–H groups in total. The molecule has 0 radical (unpaired) electrons. The monoisotopic (exact) mass is 419 g/mol. The zero-order chi connectivity index (χ0) is 19.6. The highest BCUT2D eigenvalue weighted by Crippen LogP contribution is 2.34. The van der Waals surface area contributed by atoms with Crippen molar-refractivity contribution in [2.45, 2.75) is 36.6 Å². The molecular weight excluding hydrogens is 394 g/mol. The fourth-order valence-corrected chi connectivity index (χ4v) is 6.40. The molecule has 1 aromatic carbocycles. The highest BCUT2D eigenvalue weighted by molar-refractivity contribution is 7.89. The molecule has 1 aromatic heterocycles. The van der Waals surface area contributed by atoms with Crippen molar-refractivity contribution in [2.24, 2.45) is 0 Å². The van der Waals surface area contributed by atoms with Gasteiger partial charge in [-0.05, 0) is 67.9 Å². The number of amides is 1. The number of benzene rings is 1. The van der Waals surface area contributed by atoms with E-state index in [1.54, 1.807) is 35.6 Å². The minimum Gasteiger partial charge on any atom is -0.325 e. The molecule has 2 saturated heterocycles. The van der Waals surface area contributed by atoms with Crippen LogP contribution in [0.4, 0.5) is 5.69 Å². The summed E-state index contributed by atoms with van der Waals surface area (Å²) in [6, 6.07) is 11.0. The molecule has 3 heterocycles. The van der Waals surface area contributed by atoms with Gasteiger partial charge in [0.15, 0.2) is 0 Å². The molecule has 1 atom stereocenters. The van der Waals surface area contributed by atoms with Gasteiger partial charge >= 0.3 is 0 Å². The standard InChI is InChI=1S/C20H25N3O3S2/c24-20(15-22-11-3-5-18(22)19-6-4-14-27-19)21-16-7-9-17(10-8-16)28(25,26)23-12-1-2-13-23/h4,6-10,14,18H,1-3,5,11-13,15H2,(H,21,24)/t18-/m0/s1. The van der Waals surface area contributed by atoms with Crippen molar-refractivity contribution in [3.05, 3.63) is 46.7 Å². The van der Waals surface area contributed by atoms with E-state index in [9.17, 15) is 13.2 Å². The van der Waals surface area contributed by atoms with Crippen molar-refractivity contribution in [2.75, 3.05) is 31.5 Å². The van der Waals surface area contributed by atoms with E-state index in [1.165, 1.54) is 9.18 Å². The molecule has 150 valence electrons. The first-order valence-electron chi connectivity index (χ1n) is 9.71. The second-order valence-electron chi connectivity index (χ2n) is 7.33. The Morgan fingerprint density at radius 3 is 2.50 bits per heavy atom. The first-order valence-corrected chi connectivity index (χ1v) is 12.0. The number of hydrogen-bond donors (Lipinski definition) is 1. The largest absolute Gasteiger partial charge is 0.325 e. The zero-order valence-corrected chi connectivity index (χ0v) is 17.3. The Kier molecular flexibility index (Phi) is 5.82. The Morgan fingerprint density at radius 2 is 1.82 bits per heavy atom. The average molecular weight is 420 g/mol. The summed E-state index contributed by atoms with van der Waals surface area (Å²) in [5, 5.41) is 4.97. The molecule has 2 fully saturated rings. The molecule has 2 aliphatic heterocycles. The molecule has 8 heteroatoms. The lowest BCUT2D eigenvalue weighted by Gasteiger charge is -2.23. The summed E-state index contributed by atoms with van der Waals surface area (Å²) in [6.07, 6.45) is 4.00. The Balaban J connectivity index is 1.37. The van der Waals surface area contributed by atoms with E-state index >= 15 is 0 Å². The highest BCUT2D eigenvalue weighted by Gasteiger charge is 2.29. The van der Waals surface area contributed by atoms with Crippen LogP contribution in [-0.2, 0) is 14.8 Å². The van der Waals surface area contributed by atoms with Crippen molar-refractivity contribution in [1.29, 1.82) is 0 Å². The number of carbonyl (C=O) groups is 1. The number of anilines is 1. The molecular formula is C20H25N3O3S2. The van der Waals surface area contributed by atoms with E-state index in [1.807, 2.05) is 6.07 Å². The van der Waals surface area contributed by atoms with Crippen molar-refractivity contribution < 1.29 is 13.2 Å². The van der Waals surface area contributed by atoms with Crippen LogP contribution in [0, 0.1) is 0 Å². The third-order valence-electron chi connectivity index (χ3n) is 5.42. The quantitative estimate of drug-likeness (QED) is 0.780. The second-order valence-corrected chi connectivity index (χ2v) is 10.2. The molecule has 4 rings (SSSR count). The van der Waals surface area contributed by atoms with Crippen LogP contribution in [0.1, 0.15) is 36.6 Å². The Hall–Kier alpha value is -1.74. The fourth-order valence-electron chi connectivity index (χ4n) is 3.99. The van der Waals surface area contributed by atoms with Gasteiger partial charge in [-0.25, -0.2) is 8.42 Å². The topological polar surface area (TPSA) is 69.7 Å². The van der Waals surface area contributed by atoms with E-state index in [4.69, 9.17) is 0 Å². The van der Waals surface area contributed by atoms with Crippen molar-refractivity contribution in [1.82, 2.24) is 9.21 Å². The van der Waals surface area contributed by atoms with Crippen LogP contribution in [0.3, 0.4) is 0 Å². The maximum atomic E-state index is 12.6. The van der Waals surface area contributed by atoms with E-state index < -0.39 is 10.0 Å². The van der Waals surface area contributed by atoms with Gasteiger partial charge < -0.3 is 5.32 Å². The van der Waals surface area contributed by atoms with Gasteiger partial charge in [-0.3, -0.25) is 9.69 Å². The minimum atomic E-state index is -3.42. The number of nitrogens with zero attached hydrogens (tertiary/aromatic N) is 2. The maximum Gasteiger partial charge on any atom is 0.243 e. The maximum absolute atomic E-state index is 12.6. The predicted molar refractivity (Wildman–Crippen MR) is 111 cm³/mol. The molecule has 6 nitrogen and oxygen atoms in total. The van der Waals surface area contributed by atoms with Gasteiger partial charge in [0.05, 0.1) is 11.4 Å². The van der Waals surface area contributed by atoms with Crippen LogP contribution < -0.4 is 5.32 Å². The third-order valence-corrected chi connectivity index (χ3v) is 8.31. The van der Waals surface area contributed by atoms with E-state index in [-0.39, 0.29) is 10.8 Å². The molecule has 0 saturated carbocycles. The van der Waals surface area contributed by atoms with Gasteiger partial charge in [-0.15, -0.1) is 11.3 Å². The predicted octanol–water partition coefficient (Wildman–Crippen LogP) is 3.31. The molecule has 0 aliphatic carbocycles. The van der Waals surface area contributed by atoms with Gasteiger partial charge in [-0.2, -0.15) is 4.31 Å². The highest BCUT2D eigenvalue weighted by atomic mass is 32.2. The Morgan fingerprint density at radius 1 is 1.07 bits per heavy atom. The Labute approximate surface area is 170 Å². The van der Waals surface area contributed by atoms with Crippen molar-refractivity contribution in [3.8, 4) is 0 Å². The fraction of sp³-hybridized carbons (Fsp3) is 0.450. The zero-order valence-electron chi connectivity index (χ0n) is 15.7. The van der Waals surface area contributed by atoms with Crippen LogP contribution in [0.2, 0.25) is 0 Å². The van der Waals surface area contributed by atoms with Crippen molar-refractivity contribution >= 4 is 33.0 Å². The van der Waals surface area contributed by atoms with Gasteiger partial charge in [-0.1, -0.05) is 6.07 Å². The number of likely N-dealkylation sites (tertiary alicyclic amines) is 1. The number of carbonyl (C=O) groups excluding carboxylic acids is 1. The summed E-state index contributed by atoms with van der Waals surface area (Å²) in [5.41, 5.74) is 0.622. The van der Waals surface area contributed by atoms with Crippen LogP contribution in [0.15, 0.2) is 46.7 Å². The number of rotatable bonds is 6. The second kappa shape index (κ2) is 8.32. The van der Waals surface area contributed by atoms with Crippen LogP contribution in [-0.4, -0.2) is 49.7 Å². The SMILES string of the molecule is O=C(CN1CCC[C@H]1c1cccs1)Nc1ccc(S(=O)(=O)N2CCCC2)cc1. The lowest BCUT2D eigenvalue weighted by atomic mass is 10.2. The molecule has 0 spiro atoms. The van der Waals surface area contributed by atoms with Gasteiger partial charge in [0.1, 0.15) is 0 Å². The number of hydrogen-bond acceptors (Lipinski definition) is 5. The van der Waals surface area contributed by atoms with Crippen LogP contribution >= 0.6 is 11.3 Å². The van der Waals surface area contributed by atoms with Crippen LogP contribution in [0.25, 0.3) is 0 Å². The number of nitrogens with one attached hydrogen (secondary N) is 1. The third kappa shape index (κ3) is 4.15. The number of sulfonamides is 1. The summed E-state index contributed by atoms with van der Waals surface area (Å²) in [4.78, 5) is 16.3. The average Bonchev–Trinajstić information content (AvgIpc) is 3.44. The normalized spacial score (nSPS) is 21.2. The van der Waals surface area contributed by atoms with Gasteiger partial charge in [0.25, 0.3) is 0 Å². The summed E-state index contributed by atoms with van der Waals surface area (Å²) in [5.74, 6) is -0.0707. The molecule has 2 aromatic rings. The molecule has 0 bridgehead atoms. The lowest BCUT2D eigenvalue weighted by Crippen LogP contribution is -2.32. The number of thiophene rings is 1. The minimum absolute atomic E-state index is 0.0707. The summed E-state index contributed by atoms with van der Waals surface area (Å²) in [6.45, 7) is 2.43. The van der Waals surface area contributed by atoms with Crippen LogP contribution in [0.5, 0.6) is 0 Å². The van der Waals surface area contributed by atoms with E-state index in [0.29, 0.717) is 31.4 Å². The molecule has 28 heavy (non-hydrogen) atoms. The summed E-state index contributed by atoms with van der Waals surface area (Å²) in [7, 11) is -3.42. The van der Waals surface area contributed by atoms with Crippen molar-refractivity contribution in [3.63, 3.8) is 0 Å². The van der Waals surface area contributed by atoms with E-state index in [2.05, 4.69) is 21.7 Å². The molecule has 1 amide bonds. The summed E-state index contributed by atoms with van der Waals surface area (Å²) < 4.78 is 26.7. The smallest absolute Gasteiger partial charge is 0.243 e.